The number of carbonyl (C=O) groups is 5. The van der Waals surface area contributed by atoms with E-state index in [9.17, 15) is 39.3 Å². The molecule has 21 nitrogen and oxygen atoms in total. The van der Waals surface area contributed by atoms with Crippen LogP contribution in [0.1, 0.15) is 47.6 Å². The number of aliphatic carboxylic acids is 2. The first-order valence-electron chi connectivity index (χ1n) is 17.3. The lowest BCUT2D eigenvalue weighted by molar-refractivity contribution is -0.941. The van der Waals surface area contributed by atoms with Gasteiger partial charge >= 0.3 is 11.9 Å². The molecule has 5 aliphatic heterocycles. The predicted octanol–water partition coefficient (Wildman–Crippen LogP) is 0.847. The number of benzene rings is 1. The zero-order valence-corrected chi connectivity index (χ0v) is 32.6. The van der Waals surface area contributed by atoms with Crippen molar-refractivity contribution in [2.24, 2.45) is 10.6 Å². The third-order valence-electron chi connectivity index (χ3n) is 10.7. The number of aromatic hydroxyl groups is 2. The molecule has 5 aliphatic rings. The minimum Gasteiger partial charge on any atom is -0.504 e. The molecule has 0 aliphatic carbocycles. The van der Waals surface area contributed by atoms with E-state index in [4.69, 9.17) is 38.9 Å². The highest BCUT2D eigenvalue weighted by molar-refractivity contribution is 8.00. The Hall–Kier alpha value is -5.23. The highest BCUT2D eigenvalue weighted by Crippen LogP contribution is 2.48. The Morgan fingerprint density at radius 1 is 1.16 bits per heavy atom. The number of thioether (sulfide) groups is 1. The number of rotatable bonds is 14. The number of aromatic nitrogens is 5. The van der Waals surface area contributed by atoms with Gasteiger partial charge in [-0.1, -0.05) is 39.7 Å². The molecule has 7 heterocycles. The number of nitrogens with one attached hydrogen (secondary N) is 3. The minimum atomic E-state index is -1.95. The van der Waals surface area contributed by atoms with E-state index in [1.807, 2.05) is 0 Å². The van der Waals surface area contributed by atoms with Gasteiger partial charge in [0.2, 0.25) is 6.10 Å². The summed E-state index contributed by atoms with van der Waals surface area (Å²) in [5, 5.41) is 60.8. The minimum absolute atomic E-state index is 0.0448. The topological polar surface area (TPSA) is 309 Å². The second-order valence-electron chi connectivity index (χ2n) is 14.1. The van der Waals surface area contributed by atoms with Crippen LogP contribution in [-0.4, -0.2) is 147 Å². The number of H-pyrrole nitrogens is 1. The molecule has 57 heavy (non-hydrogen) atoms. The van der Waals surface area contributed by atoms with Gasteiger partial charge in [0.15, 0.2) is 28.2 Å². The van der Waals surface area contributed by atoms with Gasteiger partial charge in [-0.2, -0.15) is 0 Å². The van der Waals surface area contributed by atoms with Gasteiger partial charge in [0.1, 0.15) is 28.0 Å². The number of halogens is 2. The number of phenolic OH excluding ortho intramolecular Hbond substituents is 2. The second-order valence-corrected chi connectivity index (χ2v) is 17.2. The van der Waals surface area contributed by atoms with Crippen LogP contribution in [-0.2, 0) is 24.0 Å². The molecule has 0 saturated carbocycles. The molecule has 302 valence electrons. The van der Waals surface area contributed by atoms with Crippen LogP contribution in [0.15, 0.2) is 22.9 Å². The summed E-state index contributed by atoms with van der Waals surface area (Å²) in [4.78, 5) is 73.8. The Labute approximate surface area is 339 Å². The van der Waals surface area contributed by atoms with Crippen LogP contribution in [0.25, 0.3) is 5.70 Å². The van der Waals surface area contributed by atoms with Gasteiger partial charge in [0, 0.05) is 42.5 Å². The van der Waals surface area contributed by atoms with Gasteiger partial charge in [0.05, 0.1) is 42.3 Å². The second kappa shape index (κ2) is 15.6. The normalized spacial score (nSPS) is 24.7. The van der Waals surface area contributed by atoms with E-state index < -0.39 is 70.8 Å². The number of thiazole rings is 1. The molecule has 4 fully saturated rings. The van der Waals surface area contributed by atoms with Gasteiger partial charge in [-0.15, -0.1) is 16.9 Å². The van der Waals surface area contributed by atoms with Gasteiger partial charge in [0.25, 0.3) is 17.7 Å². The summed E-state index contributed by atoms with van der Waals surface area (Å²) < 4.78 is 0.666. The van der Waals surface area contributed by atoms with E-state index in [1.54, 1.807) is 0 Å². The molecule has 3 amide bonds. The van der Waals surface area contributed by atoms with Crippen LogP contribution in [0, 0.1) is 5.41 Å². The number of tetrazole rings is 1. The number of oxime groups is 1. The number of amides is 3. The van der Waals surface area contributed by atoms with E-state index in [1.165, 1.54) is 28.8 Å². The van der Waals surface area contributed by atoms with Crippen LogP contribution in [0.5, 0.6) is 11.5 Å². The lowest BCUT2D eigenvalue weighted by Gasteiger charge is -2.56. The lowest BCUT2D eigenvalue weighted by Crippen LogP contribution is -2.70. The molecule has 3 atom stereocenters. The number of phenols is 2. The molecular formula is C32H34Cl2N11O10S2+. The Morgan fingerprint density at radius 3 is 2.49 bits per heavy atom. The first-order chi connectivity index (χ1) is 27.1. The van der Waals surface area contributed by atoms with Crippen molar-refractivity contribution in [2.75, 3.05) is 44.2 Å². The first kappa shape index (κ1) is 40.0. The smallest absolute Gasteiger partial charge is 0.348 e. The van der Waals surface area contributed by atoms with Crippen molar-refractivity contribution in [3.05, 3.63) is 44.1 Å². The van der Waals surface area contributed by atoms with Crippen molar-refractivity contribution in [1.29, 1.82) is 0 Å². The van der Waals surface area contributed by atoms with Gasteiger partial charge in [-0.3, -0.25) is 24.1 Å². The number of β-lactam (4-membered cyclic amide) rings is 1. The molecule has 4 saturated heterocycles. The molecule has 9 N–H and O–H groups in total. The molecule has 2 aromatic heterocycles. The SMILES string of the molecule is Nc1nc(/C(=N/O[C@@H](CC(=O)O)C(=O)O)C(=O)N[C@@H]2C(=O)N3C(c4nnn[nH]4)=C(C[N+]45CCC(CNC(=O)c6ccc(O)c(O)c6Cl)(CC4)CC5)CS[C@H]23)c(Cl)s1. The van der Waals surface area contributed by atoms with E-state index in [0.29, 0.717) is 24.5 Å². The molecule has 0 unspecified atom stereocenters. The highest BCUT2D eigenvalue weighted by Gasteiger charge is 2.56. The summed E-state index contributed by atoms with van der Waals surface area (Å²) in [7, 11) is 0. The summed E-state index contributed by atoms with van der Waals surface area (Å²) in [5.41, 5.74) is 6.26. The molecule has 0 radical (unpaired) electrons. The summed E-state index contributed by atoms with van der Waals surface area (Å²) >= 11 is 14.6. The number of hydrogen-bond acceptors (Lipinski definition) is 16. The van der Waals surface area contributed by atoms with E-state index in [2.05, 4.69) is 41.4 Å². The van der Waals surface area contributed by atoms with E-state index >= 15 is 0 Å². The maximum Gasteiger partial charge on any atom is 0.348 e. The standard InChI is InChI=1S/C32H33Cl2N11O10S2/c33-18-14(1-2-15(46)23(18)49)26(50)36-12-32-3-6-45(7-4-32,8-5-32)10-13-11-56-29-21(28(52)44(29)22(13)25-39-42-43-40-25)37-27(51)20(19-24(34)57-31(35)38-19)41-55-16(30(53)54)9-17(47)48/h1-2,16,21,29H,3-12H2,(H8-,35,36,37,38,39,40,41,42,43,46,47,48,49,50,51,53,54)/p+1/t16-,21+,29+,32?,45?/m0/s1. The number of carbonyl (C=O) groups excluding carboxylic acids is 3. The van der Waals surface area contributed by atoms with Crippen molar-refractivity contribution in [3.8, 4) is 11.5 Å². The van der Waals surface area contributed by atoms with Crippen LogP contribution < -0.4 is 16.4 Å². The van der Waals surface area contributed by atoms with Crippen LogP contribution in [0.2, 0.25) is 9.36 Å². The number of carboxylic acids is 2. The number of aromatic amines is 1. The van der Waals surface area contributed by atoms with Crippen molar-refractivity contribution in [2.45, 2.75) is 43.2 Å². The number of piperidine rings is 3. The largest absolute Gasteiger partial charge is 0.504 e. The number of nitrogens with two attached hydrogens (primary N) is 1. The number of hydrogen-bond donors (Lipinski definition) is 8. The predicted molar refractivity (Wildman–Crippen MR) is 202 cm³/mol. The number of fused-ring (bicyclic) bond motifs is 4. The van der Waals surface area contributed by atoms with Crippen molar-refractivity contribution in [3.63, 3.8) is 0 Å². The number of nitrogen functional groups attached to an aromatic ring is 1. The van der Waals surface area contributed by atoms with Crippen molar-refractivity contribution >= 4 is 92.5 Å². The van der Waals surface area contributed by atoms with Crippen LogP contribution in [0.3, 0.4) is 0 Å². The fourth-order valence-corrected chi connectivity index (χ4v) is 10.0. The van der Waals surface area contributed by atoms with Crippen molar-refractivity contribution in [1.82, 2.24) is 41.1 Å². The number of quaternary nitrogens is 1. The van der Waals surface area contributed by atoms with Crippen LogP contribution in [0.4, 0.5) is 5.13 Å². The number of carboxylic acid groups (broad SMARTS) is 2. The van der Waals surface area contributed by atoms with E-state index in [-0.39, 0.29) is 37.0 Å². The summed E-state index contributed by atoms with van der Waals surface area (Å²) in [6, 6.07) is 1.48. The zero-order chi connectivity index (χ0) is 40.8. The summed E-state index contributed by atoms with van der Waals surface area (Å²) in [6.07, 6.45) is -0.439. The summed E-state index contributed by atoms with van der Waals surface area (Å²) in [6.45, 7) is 3.45. The maximum absolute atomic E-state index is 13.9. The van der Waals surface area contributed by atoms with Crippen molar-refractivity contribution < 1.29 is 53.7 Å². The Morgan fingerprint density at radius 2 is 1.88 bits per heavy atom. The first-order valence-corrected chi connectivity index (χ1v) is 19.9. The monoisotopic (exact) mass is 866 g/mol. The zero-order valence-electron chi connectivity index (χ0n) is 29.5. The molecular weight excluding hydrogens is 833 g/mol. The Bertz CT molecular complexity index is 2190. The fourth-order valence-electron chi connectivity index (χ4n) is 7.53. The molecule has 0 spiro atoms. The lowest BCUT2D eigenvalue weighted by atomic mass is 9.70. The molecule has 3 aromatic rings. The van der Waals surface area contributed by atoms with Gasteiger partial charge in [-0.05, 0) is 22.6 Å². The molecule has 8 rings (SSSR count). The summed E-state index contributed by atoms with van der Waals surface area (Å²) in [5.74, 6) is -5.30. The maximum atomic E-state index is 13.9. The molecule has 1 aromatic carbocycles. The van der Waals surface area contributed by atoms with Gasteiger partial charge in [-0.25, -0.2) is 14.9 Å². The van der Waals surface area contributed by atoms with Gasteiger partial charge < -0.3 is 46.1 Å². The highest BCUT2D eigenvalue weighted by atomic mass is 35.5. The Kier molecular flexibility index (Phi) is 10.9. The third kappa shape index (κ3) is 7.76. The average molecular weight is 868 g/mol. The average Bonchev–Trinajstić information content (AvgIpc) is 3.84. The fraction of sp³-hybridized carbons (Fsp3) is 0.438. The van der Waals surface area contributed by atoms with Crippen LogP contribution >= 0.6 is 46.3 Å². The molecule has 2 bridgehead atoms. The Balaban J connectivity index is 1.05. The third-order valence-corrected chi connectivity index (χ3v) is 13.5. The number of anilines is 1. The quantitative estimate of drug-likeness (QED) is 0.0366. The molecule has 25 heteroatoms. The van der Waals surface area contributed by atoms with E-state index in [0.717, 1.165) is 60.3 Å². The number of nitrogens with zero attached hydrogens (tertiary/aromatic N) is 7.